The first kappa shape index (κ1) is 16.5. The maximum Gasteiger partial charge on any atom is 0.191 e. The van der Waals surface area contributed by atoms with Crippen LogP contribution in [0.5, 0.6) is 0 Å². The van der Waals surface area contributed by atoms with Gasteiger partial charge in [0.25, 0.3) is 0 Å². The summed E-state index contributed by atoms with van der Waals surface area (Å²) in [6.07, 6.45) is 0.992. The highest BCUT2D eigenvalue weighted by Gasteiger charge is 2.14. The van der Waals surface area contributed by atoms with Gasteiger partial charge < -0.3 is 10.3 Å². The summed E-state index contributed by atoms with van der Waals surface area (Å²) in [7, 11) is 0. The van der Waals surface area contributed by atoms with Crippen LogP contribution in [-0.4, -0.2) is 19.7 Å². The van der Waals surface area contributed by atoms with E-state index in [0.29, 0.717) is 22.5 Å². The number of aryl methyl sites for hydroxylation is 1. The van der Waals surface area contributed by atoms with Crippen molar-refractivity contribution in [2.45, 2.75) is 44.3 Å². The number of pyridine rings is 1. The van der Waals surface area contributed by atoms with Crippen LogP contribution in [0.1, 0.15) is 30.4 Å². The monoisotopic (exact) mass is 345 g/mol. The van der Waals surface area contributed by atoms with Gasteiger partial charge in [-0.2, -0.15) is 0 Å². The second kappa shape index (κ2) is 7.45. The Labute approximate surface area is 138 Å². The zero-order chi connectivity index (χ0) is 15.4. The van der Waals surface area contributed by atoms with Crippen molar-refractivity contribution < 1.29 is 0 Å². The van der Waals surface area contributed by atoms with Gasteiger partial charge in [0.2, 0.25) is 0 Å². The van der Waals surface area contributed by atoms with Crippen molar-refractivity contribution in [3.05, 3.63) is 33.3 Å². The lowest BCUT2D eigenvalue weighted by atomic mass is 10.3. The van der Waals surface area contributed by atoms with Gasteiger partial charge in [-0.25, -0.2) is 4.98 Å². The third-order valence-electron chi connectivity index (χ3n) is 2.92. The van der Waals surface area contributed by atoms with Crippen molar-refractivity contribution in [3.63, 3.8) is 0 Å². The summed E-state index contributed by atoms with van der Waals surface area (Å²) in [6, 6.07) is 1.81. The van der Waals surface area contributed by atoms with Crippen LogP contribution in [0.3, 0.4) is 0 Å². The van der Waals surface area contributed by atoms with E-state index in [0.717, 1.165) is 35.2 Å². The van der Waals surface area contributed by atoms with E-state index in [1.165, 1.54) is 11.8 Å². The highest BCUT2D eigenvalue weighted by Crippen LogP contribution is 2.30. The molecule has 8 heteroatoms. The molecular weight excluding hydrogens is 329 g/mol. The lowest BCUT2D eigenvalue weighted by molar-refractivity contribution is 0.592. The second-order valence-corrected chi connectivity index (χ2v) is 6.27. The largest absolute Gasteiger partial charge is 0.324 e. The molecule has 0 spiro atoms. The topological polar surface area (TPSA) is 69.6 Å². The molecule has 0 saturated heterocycles. The molecule has 2 rings (SSSR count). The standard InChI is InChI=1S/C13H17Cl2N5S/c1-3-4-20-11(6-16)18-19-13(20)21-7-9-10(14)5-8(2)17-12(9)15/h5H,3-4,6-7,16H2,1-2H3. The summed E-state index contributed by atoms with van der Waals surface area (Å²) in [5.41, 5.74) is 7.30. The molecule has 0 atom stereocenters. The number of rotatable bonds is 6. The molecule has 0 saturated carbocycles. The van der Waals surface area contributed by atoms with Crippen LogP contribution in [0, 0.1) is 6.92 Å². The fraction of sp³-hybridized carbons (Fsp3) is 0.462. The smallest absolute Gasteiger partial charge is 0.191 e. The molecule has 5 nitrogen and oxygen atoms in total. The van der Waals surface area contributed by atoms with Crippen LogP contribution in [-0.2, 0) is 18.8 Å². The minimum atomic E-state index is 0.376. The Morgan fingerprint density at radius 3 is 2.71 bits per heavy atom. The number of hydrogen-bond acceptors (Lipinski definition) is 5. The molecule has 0 aliphatic carbocycles. The molecule has 21 heavy (non-hydrogen) atoms. The minimum absolute atomic E-state index is 0.376. The average molecular weight is 346 g/mol. The Kier molecular flexibility index (Phi) is 5.87. The summed E-state index contributed by atoms with van der Waals surface area (Å²) in [4.78, 5) is 4.23. The maximum atomic E-state index is 6.23. The Bertz CT molecular complexity index is 606. The number of nitrogens with two attached hydrogens (primary N) is 1. The quantitative estimate of drug-likeness (QED) is 0.641. The van der Waals surface area contributed by atoms with E-state index in [-0.39, 0.29) is 0 Å². The van der Waals surface area contributed by atoms with E-state index in [4.69, 9.17) is 28.9 Å². The molecule has 0 radical (unpaired) electrons. The van der Waals surface area contributed by atoms with Gasteiger partial charge in [0.05, 0.1) is 6.54 Å². The summed E-state index contributed by atoms with van der Waals surface area (Å²) >= 11 is 13.9. The van der Waals surface area contributed by atoms with Gasteiger partial charge in [-0.1, -0.05) is 41.9 Å². The van der Waals surface area contributed by atoms with Gasteiger partial charge in [-0.3, -0.25) is 0 Å². The zero-order valence-corrected chi connectivity index (χ0v) is 14.3. The molecule has 2 aromatic rings. The number of thioether (sulfide) groups is 1. The van der Waals surface area contributed by atoms with Crippen molar-refractivity contribution in [1.29, 1.82) is 0 Å². The minimum Gasteiger partial charge on any atom is -0.324 e. The first-order valence-electron chi connectivity index (χ1n) is 6.63. The maximum absolute atomic E-state index is 6.23. The predicted molar refractivity (Wildman–Crippen MR) is 86.8 cm³/mol. The van der Waals surface area contributed by atoms with Gasteiger partial charge in [-0.15, -0.1) is 10.2 Å². The summed E-state index contributed by atoms with van der Waals surface area (Å²) in [5.74, 6) is 1.38. The van der Waals surface area contributed by atoms with E-state index >= 15 is 0 Å². The number of halogens is 2. The van der Waals surface area contributed by atoms with Crippen molar-refractivity contribution >= 4 is 35.0 Å². The normalized spacial score (nSPS) is 11.1. The second-order valence-electron chi connectivity index (χ2n) is 4.56. The molecule has 0 fully saturated rings. The van der Waals surface area contributed by atoms with Crippen molar-refractivity contribution in [2.75, 3.05) is 0 Å². The first-order valence-corrected chi connectivity index (χ1v) is 8.37. The van der Waals surface area contributed by atoms with Crippen molar-refractivity contribution in [2.24, 2.45) is 5.73 Å². The molecule has 0 amide bonds. The molecule has 0 aromatic carbocycles. The van der Waals surface area contributed by atoms with Gasteiger partial charge in [0.1, 0.15) is 11.0 Å². The van der Waals surface area contributed by atoms with E-state index in [1.54, 1.807) is 0 Å². The van der Waals surface area contributed by atoms with Crippen LogP contribution in [0.25, 0.3) is 0 Å². The van der Waals surface area contributed by atoms with E-state index < -0.39 is 0 Å². The molecular formula is C13H17Cl2N5S. The van der Waals surface area contributed by atoms with Crippen LogP contribution >= 0.6 is 35.0 Å². The van der Waals surface area contributed by atoms with Gasteiger partial charge in [0, 0.05) is 28.6 Å². The summed E-state index contributed by atoms with van der Waals surface area (Å²) < 4.78 is 2.04. The fourth-order valence-corrected chi connectivity index (χ4v) is 3.75. The van der Waals surface area contributed by atoms with Gasteiger partial charge in [-0.05, 0) is 19.4 Å². The third-order valence-corrected chi connectivity index (χ3v) is 4.56. The molecule has 2 N–H and O–H groups in total. The Hall–Kier alpha value is -0.820. The van der Waals surface area contributed by atoms with Crippen molar-refractivity contribution in [1.82, 2.24) is 19.7 Å². The van der Waals surface area contributed by atoms with Crippen LogP contribution in [0.4, 0.5) is 0 Å². The number of aromatic nitrogens is 4. The molecule has 2 heterocycles. The van der Waals surface area contributed by atoms with Crippen LogP contribution in [0.15, 0.2) is 11.2 Å². The Morgan fingerprint density at radius 2 is 2.10 bits per heavy atom. The predicted octanol–water partition coefficient (Wildman–Crippen LogP) is 3.45. The van der Waals surface area contributed by atoms with Crippen molar-refractivity contribution in [3.8, 4) is 0 Å². The lowest BCUT2D eigenvalue weighted by Gasteiger charge is -2.09. The van der Waals surface area contributed by atoms with E-state index in [9.17, 15) is 0 Å². The highest BCUT2D eigenvalue weighted by atomic mass is 35.5. The molecule has 114 valence electrons. The number of nitrogens with zero attached hydrogens (tertiary/aromatic N) is 4. The van der Waals surface area contributed by atoms with Crippen LogP contribution < -0.4 is 5.73 Å². The highest BCUT2D eigenvalue weighted by molar-refractivity contribution is 7.98. The molecule has 0 aliphatic heterocycles. The number of hydrogen-bond donors (Lipinski definition) is 1. The van der Waals surface area contributed by atoms with Gasteiger partial charge >= 0.3 is 0 Å². The summed E-state index contributed by atoms with van der Waals surface area (Å²) in [6.45, 7) is 5.18. The van der Waals surface area contributed by atoms with Gasteiger partial charge in [0.15, 0.2) is 5.16 Å². The molecule has 0 unspecified atom stereocenters. The SMILES string of the molecule is CCCn1c(CN)nnc1SCc1c(Cl)cc(C)nc1Cl. The lowest BCUT2D eigenvalue weighted by Crippen LogP contribution is -2.09. The first-order chi connectivity index (χ1) is 10.1. The fourth-order valence-electron chi connectivity index (χ4n) is 1.91. The Balaban J connectivity index is 2.19. The average Bonchev–Trinajstić information content (AvgIpc) is 2.80. The Morgan fingerprint density at radius 1 is 1.33 bits per heavy atom. The van der Waals surface area contributed by atoms with E-state index in [2.05, 4.69) is 22.1 Å². The van der Waals surface area contributed by atoms with Crippen LogP contribution in [0.2, 0.25) is 10.2 Å². The molecule has 0 bridgehead atoms. The molecule has 0 aliphatic rings. The summed E-state index contributed by atoms with van der Waals surface area (Å²) in [5, 5.41) is 10.2. The van der Waals surface area contributed by atoms with E-state index in [1.807, 2.05) is 17.6 Å². The third kappa shape index (κ3) is 3.88. The molecule has 2 aromatic heterocycles. The zero-order valence-electron chi connectivity index (χ0n) is 11.9.